The van der Waals surface area contributed by atoms with Gasteiger partial charge in [-0.2, -0.15) is 0 Å². The zero-order chi connectivity index (χ0) is 10.0. The average Bonchev–Trinajstić information content (AvgIpc) is 2.08. The number of carbonyl (C=O) groups is 1. The third-order valence-corrected chi connectivity index (χ3v) is 1.64. The highest BCUT2D eigenvalue weighted by Crippen LogP contribution is 2.17. The molecule has 1 unspecified atom stereocenters. The minimum Gasteiger partial charge on any atom is -0.505 e. The molecule has 0 aliphatic carbocycles. The smallest absolute Gasteiger partial charge is 0.179 e. The maximum absolute atomic E-state index is 12.6. The van der Waals surface area contributed by atoms with E-state index in [1.54, 1.807) is 0 Å². The Hall–Kier alpha value is -1.42. The van der Waals surface area contributed by atoms with Crippen LogP contribution in [-0.4, -0.2) is 16.9 Å². The third kappa shape index (κ3) is 2.03. The van der Waals surface area contributed by atoms with Crippen LogP contribution >= 0.6 is 0 Å². The quantitative estimate of drug-likeness (QED) is 0.674. The summed E-state index contributed by atoms with van der Waals surface area (Å²) in [6.45, 7) is 1.53. The molecule has 3 nitrogen and oxygen atoms in total. The number of Topliss-reactive ketones (excluding diaryl/α,β-unsaturated/α-hetero) is 1. The molecule has 0 bridgehead atoms. The van der Waals surface area contributed by atoms with Crippen molar-refractivity contribution >= 4 is 5.78 Å². The van der Waals surface area contributed by atoms with Gasteiger partial charge in [0.25, 0.3) is 0 Å². The number of rotatable bonds is 2. The summed E-state index contributed by atoms with van der Waals surface area (Å²) < 4.78 is 12.6. The van der Waals surface area contributed by atoms with E-state index in [0.29, 0.717) is 0 Å². The maximum atomic E-state index is 12.6. The SMILES string of the molecule is CC(N)C(=O)c1ccc(F)c(O)c1. The van der Waals surface area contributed by atoms with Gasteiger partial charge in [0, 0.05) is 5.56 Å². The molecule has 0 saturated carbocycles. The summed E-state index contributed by atoms with van der Waals surface area (Å²) in [5.41, 5.74) is 5.55. The summed E-state index contributed by atoms with van der Waals surface area (Å²) in [6, 6.07) is 2.75. The second-order valence-electron chi connectivity index (χ2n) is 2.82. The van der Waals surface area contributed by atoms with Crippen LogP contribution in [0.25, 0.3) is 0 Å². The Bertz CT molecular complexity index is 336. The second-order valence-corrected chi connectivity index (χ2v) is 2.82. The highest BCUT2D eigenvalue weighted by molar-refractivity contribution is 5.99. The largest absolute Gasteiger partial charge is 0.505 e. The van der Waals surface area contributed by atoms with Crippen LogP contribution in [0, 0.1) is 5.82 Å². The molecule has 0 spiro atoms. The molecule has 3 N–H and O–H groups in total. The minimum absolute atomic E-state index is 0.217. The Labute approximate surface area is 75.0 Å². The predicted molar refractivity (Wildman–Crippen MR) is 46.0 cm³/mol. The van der Waals surface area contributed by atoms with E-state index >= 15 is 0 Å². The molecule has 0 radical (unpaired) electrons. The number of aromatic hydroxyl groups is 1. The summed E-state index contributed by atoms with van der Waals surface area (Å²) in [6.07, 6.45) is 0. The number of hydrogen-bond acceptors (Lipinski definition) is 3. The molecule has 1 aromatic carbocycles. The molecule has 0 fully saturated rings. The van der Waals surface area contributed by atoms with E-state index in [2.05, 4.69) is 0 Å². The lowest BCUT2D eigenvalue weighted by atomic mass is 10.1. The van der Waals surface area contributed by atoms with Crippen molar-refractivity contribution in [2.45, 2.75) is 13.0 Å². The highest BCUT2D eigenvalue weighted by Gasteiger charge is 2.12. The highest BCUT2D eigenvalue weighted by atomic mass is 19.1. The first-order chi connectivity index (χ1) is 6.02. The summed E-state index contributed by atoms with van der Waals surface area (Å²) in [4.78, 5) is 11.2. The van der Waals surface area contributed by atoms with E-state index in [1.165, 1.54) is 13.0 Å². The molecule has 0 amide bonds. The van der Waals surface area contributed by atoms with Gasteiger partial charge >= 0.3 is 0 Å². The van der Waals surface area contributed by atoms with Gasteiger partial charge in [-0.3, -0.25) is 4.79 Å². The number of phenols is 1. The molecule has 0 aliphatic rings. The van der Waals surface area contributed by atoms with E-state index in [1.807, 2.05) is 0 Å². The lowest BCUT2D eigenvalue weighted by Crippen LogP contribution is -2.26. The van der Waals surface area contributed by atoms with Crippen molar-refractivity contribution in [1.82, 2.24) is 0 Å². The molecule has 1 rings (SSSR count). The number of benzene rings is 1. The van der Waals surface area contributed by atoms with Crippen molar-refractivity contribution in [3.05, 3.63) is 29.6 Å². The van der Waals surface area contributed by atoms with Gasteiger partial charge in [0.05, 0.1) is 6.04 Å². The van der Waals surface area contributed by atoms with Crippen molar-refractivity contribution in [2.24, 2.45) is 5.73 Å². The van der Waals surface area contributed by atoms with E-state index < -0.39 is 17.6 Å². The fourth-order valence-electron chi connectivity index (χ4n) is 0.929. The Kier molecular flexibility index (Phi) is 2.63. The number of phenolic OH excluding ortho intramolecular Hbond substituents is 1. The van der Waals surface area contributed by atoms with Crippen LogP contribution in [0.3, 0.4) is 0 Å². The molecule has 1 atom stereocenters. The van der Waals surface area contributed by atoms with Crippen LogP contribution in [0.1, 0.15) is 17.3 Å². The lowest BCUT2D eigenvalue weighted by Gasteiger charge is -2.04. The fraction of sp³-hybridized carbons (Fsp3) is 0.222. The van der Waals surface area contributed by atoms with Gasteiger partial charge in [0.1, 0.15) is 0 Å². The van der Waals surface area contributed by atoms with Crippen LogP contribution in [0.5, 0.6) is 5.75 Å². The molecule has 0 saturated heterocycles. The number of carbonyl (C=O) groups excluding carboxylic acids is 1. The van der Waals surface area contributed by atoms with Gasteiger partial charge in [-0.25, -0.2) is 4.39 Å². The Balaban J connectivity index is 3.04. The summed E-state index contributed by atoms with van der Waals surface area (Å²) in [5.74, 6) is -1.61. The number of hydrogen-bond donors (Lipinski definition) is 2. The number of ketones is 1. The van der Waals surface area contributed by atoms with E-state index in [4.69, 9.17) is 10.8 Å². The third-order valence-electron chi connectivity index (χ3n) is 1.64. The Morgan fingerprint density at radius 1 is 1.62 bits per heavy atom. The average molecular weight is 183 g/mol. The van der Waals surface area contributed by atoms with E-state index in [0.717, 1.165) is 12.1 Å². The minimum atomic E-state index is -0.749. The van der Waals surface area contributed by atoms with Crippen molar-refractivity contribution in [1.29, 1.82) is 0 Å². The van der Waals surface area contributed by atoms with Crippen LogP contribution in [0.4, 0.5) is 4.39 Å². The predicted octanol–water partition coefficient (Wildman–Crippen LogP) is 1.06. The maximum Gasteiger partial charge on any atom is 0.179 e. The summed E-state index contributed by atoms with van der Waals surface area (Å²) in [5, 5.41) is 8.96. The van der Waals surface area contributed by atoms with Gasteiger partial charge in [-0.15, -0.1) is 0 Å². The molecule has 0 heterocycles. The van der Waals surface area contributed by atoms with Crippen LogP contribution in [0.2, 0.25) is 0 Å². The molecular weight excluding hydrogens is 173 g/mol. The van der Waals surface area contributed by atoms with Crippen LogP contribution in [-0.2, 0) is 0 Å². The van der Waals surface area contributed by atoms with Crippen molar-refractivity contribution in [3.8, 4) is 5.75 Å². The first-order valence-electron chi connectivity index (χ1n) is 3.80. The molecule has 4 heteroatoms. The van der Waals surface area contributed by atoms with Gasteiger partial charge in [0.15, 0.2) is 17.3 Å². The van der Waals surface area contributed by atoms with Crippen LogP contribution < -0.4 is 5.73 Å². The van der Waals surface area contributed by atoms with Gasteiger partial charge < -0.3 is 10.8 Å². The molecule has 0 aromatic heterocycles. The Morgan fingerprint density at radius 3 is 2.69 bits per heavy atom. The zero-order valence-electron chi connectivity index (χ0n) is 7.12. The lowest BCUT2D eigenvalue weighted by molar-refractivity contribution is 0.0967. The molecular formula is C9H10FNO2. The first-order valence-corrected chi connectivity index (χ1v) is 3.80. The molecule has 0 aliphatic heterocycles. The van der Waals surface area contributed by atoms with E-state index in [-0.39, 0.29) is 11.3 Å². The standard InChI is InChI=1S/C9H10FNO2/c1-5(11)9(13)6-2-3-7(10)8(12)4-6/h2-5,12H,11H2,1H3. The van der Waals surface area contributed by atoms with Gasteiger partial charge in [-0.05, 0) is 25.1 Å². The number of nitrogens with two attached hydrogens (primary N) is 1. The summed E-state index contributed by atoms with van der Waals surface area (Å²) in [7, 11) is 0. The molecule has 13 heavy (non-hydrogen) atoms. The second kappa shape index (κ2) is 3.53. The van der Waals surface area contributed by atoms with Crippen LogP contribution in [0.15, 0.2) is 18.2 Å². The van der Waals surface area contributed by atoms with Crippen molar-refractivity contribution in [3.63, 3.8) is 0 Å². The summed E-state index contributed by atoms with van der Waals surface area (Å²) >= 11 is 0. The topological polar surface area (TPSA) is 63.3 Å². The van der Waals surface area contributed by atoms with Gasteiger partial charge in [0.2, 0.25) is 0 Å². The molecule has 1 aromatic rings. The fourth-order valence-corrected chi connectivity index (χ4v) is 0.929. The first kappa shape index (κ1) is 9.67. The zero-order valence-corrected chi connectivity index (χ0v) is 7.12. The van der Waals surface area contributed by atoms with E-state index in [9.17, 15) is 9.18 Å². The monoisotopic (exact) mass is 183 g/mol. The Morgan fingerprint density at radius 2 is 2.23 bits per heavy atom. The molecule has 70 valence electrons. The van der Waals surface area contributed by atoms with Gasteiger partial charge in [-0.1, -0.05) is 0 Å². The normalized spacial score (nSPS) is 12.5. The van der Waals surface area contributed by atoms with Crippen molar-refractivity contribution < 1.29 is 14.3 Å². The van der Waals surface area contributed by atoms with Crippen molar-refractivity contribution in [2.75, 3.05) is 0 Å². The number of halogens is 1.